The number of phenolic OH excluding ortho intramolecular Hbond substituents is 2. The van der Waals surface area contributed by atoms with E-state index in [1.165, 1.54) is 24.3 Å². The van der Waals surface area contributed by atoms with Gasteiger partial charge in [-0.3, -0.25) is 0 Å². The Morgan fingerprint density at radius 3 is 1.88 bits per heavy atom. The molecule has 0 spiro atoms. The average Bonchev–Trinajstić information content (AvgIpc) is 2.26. The van der Waals surface area contributed by atoms with Crippen molar-refractivity contribution in [3.63, 3.8) is 0 Å². The van der Waals surface area contributed by atoms with Crippen molar-refractivity contribution in [1.29, 1.82) is 0 Å². The van der Waals surface area contributed by atoms with Crippen LogP contribution in [0.3, 0.4) is 0 Å². The monoisotopic (exact) mass is 270 g/mol. The normalized spacial score (nSPS) is 10.2. The molecule has 0 aromatic heterocycles. The molecule has 0 saturated heterocycles. The van der Waals surface area contributed by atoms with Gasteiger partial charge in [0.15, 0.2) is 5.75 Å². The molecule has 0 aliphatic heterocycles. The maximum absolute atomic E-state index is 9.26. The first-order chi connectivity index (χ1) is 8.06. The summed E-state index contributed by atoms with van der Waals surface area (Å²) < 4.78 is 5.46. The number of phenols is 2. The van der Waals surface area contributed by atoms with E-state index in [2.05, 4.69) is 0 Å². The molecule has 0 aliphatic carbocycles. The molecule has 3 nitrogen and oxygen atoms in total. The predicted octanol–water partition coefficient (Wildman–Crippen LogP) is 4.20. The van der Waals surface area contributed by atoms with Crippen LogP contribution in [0.5, 0.6) is 23.0 Å². The third kappa shape index (κ3) is 2.75. The molecule has 2 aromatic carbocycles. The van der Waals surface area contributed by atoms with E-state index in [1.54, 1.807) is 12.1 Å². The van der Waals surface area contributed by atoms with Crippen LogP contribution in [0, 0.1) is 0 Å². The van der Waals surface area contributed by atoms with Crippen molar-refractivity contribution in [2.75, 3.05) is 0 Å². The van der Waals surface area contributed by atoms with Crippen molar-refractivity contribution in [3.8, 4) is 23.0 Å². The number of hydrogen-bond donors (Lipinski definition) is 2. The summed E-state index contributed by atoms with van der Waals surface area (Å²) in [5.41, 5.74) is 0. The van der Waals surface area contributed by atoms with Gasteiger partial charge >= 0.3 is 0 Å². The molecular formula is C12H8Cl2O3. The van der Waals surface area contributed by atoms with E-state index in [1.807, 2.05) is 0 Å². The minimum absolute atomic E-state index is 0.0296. The molecular weight excluding hydrogens is 263 g/mol. The van der Waals surface area contributed by atoms with E-state index in [-0.39, 0.29) is 27.3 Å². The van der Waals surface area contributed by atoms with Gasteiger partial charge in [0, 0.05) is 12.1 Å². The molecule has 17 heavy (non-hydrogen) atoms. The lowest BCUT2D eigenvalue weighted by Gasteiger charge is -2.09. The van der Waals surface area contributed by atoms with Gasteiger partial charge in [-0.1, -0.05) is 23.2 Å². The smallest absolute Gasteiger partial charge is 0.164 e. The van der Waals surface area contributed by atoms with Crippen molar-refractivity contribution in [3.05, 3.63) is 46.4 Å². The van der Waals surface area contributed by atoms with Crippen LogP contribution in [0.2, 0.25) is 10.0 Å². The topological polar surface area (TPSA) is 49.7 Å². The Kier molecular flexibility index (Phi) is 3.31. The molecule has 0 heterocycles. The summed E-state index contributed by atoms with van der Waals surface area (Å²) in [6.45, 7) is 0. The fraction of sp³-hybridized carbons (Fsp3) is 0. The van der Waals surface area contributed by atoms with E-state index in [0.717, 1.165) is 0 Å². The van der Waals surface area contributed by atoms with Gasteiger partial charge in [-0.05, 0) is 24.3 Å². The number of aromatic hydroxyl groups is 2. The van der Waals surface area contributed by atoms with E-state index in [4.69, 9.17) is 33.0 Å². The maximum Gasteiger partial charge on any atom is 0.164 e. The third-order valence-electron chi connectivity index (χ3n) is 2.04. The van der Waals surface area contributed by atoms with Gasteiger partial charge in [-0.25, -0.2) is 0 Å². The van der Waals surface area contributed by atoms with Gasteiger partial charge < -0.3 is 14.9 Å². The van der Waals surface area contributed by atoms with Crippen molar-refractivity contribution in [2.45, 2.75) is 0 Å². The van der Waals surface area contributed by atoms with Crippen LogP contribution in [0.4, 0.5) is 0 Å². The third-order valence-corrected chi connectivity index (χ3v) is 2.60. The van der Waals surface area contributed by atoms with Crippen LogP contribution in [0.15, 0.2) is 36.4 Å². The molecule has 88 valence electrons. The van der Waals surface area contributed by atoms with E-state index in [9.17, 15) is 5.11 Å². The lowest BCUT2D eigenvalue weighted by atomic mass is 10.3. The van der Waals surface area contributed by atoms with Gasteiger partial charge in [-0.2, -0.15) is 0 Å². The van der Waals surface area contributed by atoms with Crippen LogP contribution >= 0.6 is 23.2 Å². The number of hydrogen-bond acceptors (Lipinski definition) is 3. The highest BCUT2D eigenvalue weighted by atomic mass is 35.5. The van der Waals surface area contributed by atoms with Crippen molar-refractivity contribution in [1.82, 2.24) is 0 Å². The largest absolute Gasteiger partial charge is 0.508 e. The summed E-state index contributed by atoms with van der Waals surface area (Å²) in [5.74, 6) is 0.854. The van der Waals surface area contributed by atoms with Gasteiger partial charge in [0.25, 0.3) is 0 Å². The van der Waals surface area contributed by atoms with Crippen LogP contribution in [-0.2, 0) is 0 Å². The van der Waals surface area contributed by atoms with E-state index < -0.39 is 0 Å². The fourth-order valence-corrected chi connectivity index (χ4v) is 1.83. The summed E-state index contributed by atoms with van der Waals surface area (Å²) in [4.78, 5) is 0. The molecule has 0 fully saturated rings. The maximum atomic E-state index is 9.26. The zero-order valence-electron chi connectivity index (χ0n) is 8.52. The molecule has 0 amide bonds. The first kappa shape index (κ1) is 11.9. The Morgan fingerprint density at radius 1 is 0.824 bits per heavy atom. The quantitative estimate of drug-likeness (QED) is 0.860. The first-order valence-electron chi connectivity index (χ1n) is 4.71. The highest BCUT2D eigenvalue weighted by molar-refractivity contribution is 6.37. The zero-order valence-corrected chi connectivity index (χ0v) is 10.0. The second kappa shape index (κ2) is 4.73. The molecule has 2 N–H and O–H groups in total. The van der Waals surface area contributed by atoms with E-state index >= 15 is 0 Å². The lowest BCUT2D eigenvalue weighted by Crippen LogP contribution is -1.86. The number of benzene rings is 2. The van der Waals surface area contributed by atoms with Crippen LogP contribution in [0.1, 0.15) is 0 Å². The summed E-state index contributed by atoms with van der Waals surface area (Å²) in [6.07, 6.45) is 0. The number of rotatable bonds is 2. The Hall–Kier alpha value is -1.58. The molecule has 0 atom stereocenters. The van der Waals surface area contributed by atoms with Crippen molar-refractivity contribution >= 4 is 23.2 Å². The predicted molar refractivity (Wildman–Crippen MR) is 66.3 cm³/mol. The standard InChI is InChI=1S/C12H8Cl2O3/c13-10-5-8(16)6-11(14)12(10)17-9-3-1-7(15)2-4-9/h1-6,15-16H. The Bertz CT molecular complexity index is 515. The molecule has 2 rings (SSSR count). The van der Waals surface area contributed by atoms with Gasteiger partial charge in [0.1, 0.15) is 17.2 Å². The van der Waals surface area contributed by atoms with Crippen molar-refractivity contribution < 1.29 is 14.9 Å². The first-order valence-corrected chi connectivity index (χ1v) is 5.47. The van der Waals surface area contributed by atoms with Gasteiger partial charge in [-0.15, -0.1) is 0 Å². The molecule has 0 radical (unpaired) electrons. The van der Waals surface area contributed by atoms with E-state index in [0.29, 0.717) is 5.75 Å². The second-order valence-corrected chi connectivity index (χ2v) is 4.15. The van der Waals surface area contributed by atoms with Crippen LogP contribution < -0.4 is 4.74 Å². The summed E-state index contributed by atoms with van der Waals surface area (Å²) in [6, 6.07) is 8.80. The Morgan fingerprint density at radius 2 is 1.35 bits per heavy atom. The Balaban J connectivity index is 2.33. The number of ether oxygens (including phenoxy) is 1. The molecule has 0 unspecified atom stereocenters. The molecule has 0 aliphatic rings. The van der Waals surface area contributed by atoms with Gasteiger partial charge in [0.2, 0.25) is 0 Å². The molecule has 0 saturated carbocycles. The summed E-state index contributed by atoms with van der Waals surface area (Å²) >= 11 is 11.8. The van der Waals surface area contributed by atoms with Gasteiger partial charge in [0.05, 0.1) is 10.0 Å². The fourth-order valence-electron chi connectivity index (χ4n) is 1.28. The highest BCUT2D eigenvalue weighted by Gasteiger charge is 2.10. The summed E-state index contributed by atoms with van der Waals surface area (Å²) in [5, 5.41) is 18.8. The van der Waals surface area contributed by atoms with Crippen LogP contribution in [0.25, 0.3) is 0 Å². The Labute approximate surface area is 108 Å². The number of halogens is 2. The van der Waals surface area contributed by atoms with Crippen LogP contribution in [-0.4, -0.2) is 10.2 Å². The van der Waals surface area contributed by atoms with Crippen molar-refractivity contribution in [2.24, 2.45) is 0 Å². The molecule has 2 aromatic rings. The molecule has 0 bridgehead atoms. The highest BCUT2D eigenvalue weighted by Crippen LogP contribution is 2.39. The minimum Gasteiger partial charge on any atom is -0.508 e. The molecule has 5 heteroatoms. The minimum atomic E-state index is -0.0296. The summed E-state index contributed by atoms with van der Waals surface area (Å²) in [7, 11) is 0. The zero-order chi connectivity index (χ0) is 12.4. The second-order valence-electron chi connectivity index (χ2n) is 3.33. The lowest BCUT2D eigenvalue weighted by molar-refractivity contribution is 0.459. The SMILES string of the molecule is Oc1ccc(Oc2c(Cl)cc(O)cc2Cl)cc1. The average molecular weight is 271 g/mol.